The van der Waals surface area contributed by atoms with Crippen LogP contribution in [0.2, 0.25) is 0 Å². The highest BCUT2D eigenvalue weighted by atomic mass is 32.2. The van der Waals surface area contributed by atoms with Gasteiger partial charge in [0.2, 0.25) is 0 Å². The van der Waals surface area contributed by atoms with E-state index in [2.05, 4.69) is 0 Å². The molecule has 17 heavy (non-hydrogen) atoms. The first-order chi connectivity index (χ1) is 8.07. The minimum Gasteiger partial charge on any atom is -0.288 e. The van der Waals surface area contributed by atoms with Crippen molar-refractivity contribution in [2.45, 2.75) is 4.90 Å². The van der Waals surface area contributed by atoms with Crippen molar-refractivity contribution in [1.29, 1.82) is 0 Å². The summed E-state index contributed by atoms with van der Waals surface area (Å²) in [6.07, 6.45) is 0. The third kappa shape index (κ3) is 2.04. The summed E-state index contributed by atoms with van der Waals surface area (Å²) in [4.78, 5) is 5.01. The Labute approximate surface area is 100 Å². The van der Waals surface area contributed by atoms with Gasteiger partial charge in [-0.2, -0.15) is 0 Å². The third-order valence-corrected chi connectivity index (χ3v) is 4.36. The molecule has 2 rings (SSSR count). The number of benzene rings is 2. The molecular formula is C12H13NO3S. The normalized spacial score (nSPS) is 12.2. The number of hydroxylamine groups is 1. The van der Waals surface area contributed by atoms with Gasteiger partial charge in [0.15, 0.2) is 0 Å². The number of rotatable bonds is 3. The van der Waals surface area contributed by atoms with Crippen LogP contribution < -0.4 is 0 Å². The highest BCUT2D eigenvalue weighted by Crippen LogP contribution is 2.24. The molecule has 0 amide bonds. The molecule has 0 aliphatic carbocycles. The van der Waals surface area contributed by atoms with E-state index < -0.39 is 10.0 Å². The number of nitrogens with zero attached hydrogens (tertiary/aromatic N) is 1. The first kappa shape index (κ1) is 12.0. The van der Waals surface area contributed by atoms with E-state index in [1.807, 2.05) is 24.3 Å². The summed E-state index contributed by atoms with van der Waals surface area (Å²) in [5, 5.41) is 1.58. The van der Waals surface area contributed by atoms with Crippen molar-refractivity contribution in [3.8, 4) is 0 Å². The molecule has 0 fully saturated rings. The van der Waals surface area contributed by atoms with Gasteiger partial charge in [-0.1, -0.05) is 40.9 Å². The van der Waals surface area contributed by atoms with E-state index in [0.29, 0.717) is 5.39 Å². The molecule has 0 aliphatic heterocycles. The highest BCUT2D eigenvalue weighted by Gasteiger charge is 2.22. The minimum absolute atomic E-state index is 0.250. The summed E-state index contributed by atoms with van der Waals surface area (Å²) in [6.45, 7) is 0. The Morgan fingerprint density at radius 3 is 2.41 bits per heavy atom. The van der Waals surface area contributed by atoms with Gasteiger partial charge < -0.3 is 0 Å². The van der Waals surface area contributed by atoms with Crippen LogP contribution in [0.5, 0.6) is 0 Å². The zero-order valence-corrected chi connectivity index (χ0v) is 10.4. The van der Waals surface area contributed by atoms with E-state index in [-0.39, 0.29) is 4.90 Å². The van der Waals surface area contributed by atoms with Gasteiger partial charge in [-0.3, -0.25) is 4.84 Å². The fourth-order valence-corrected chi connectivity index (χ4v) is 2.84. The van der Waals surface area contributed by atoms with Crippen LogP contribution in [0.25, 0.3) is 10.8 Å². The number of sulfonamides is 1. The van der Waals surface area contributed by atoms with Crippen LogP contribution in [-0.2, 0) is 14.9 Å². The fraction of sp³-hybridized carbons (Fsp3) is 0.167. The SMILES string of the molecule is CON(C)S(=O)(=O)c1cccc2ccccc12. The highest BCUT2D eigenvalue weighted by molar-refractivity contribution is 7.89. The summed E-state index contributed by atoms with van der Waals surface area (Å²) >= 11 is 0. The molecule has 0 atom stereocenters. The molecule has 2 aromatic carbocycles. The van der Waals surface area contributed by atoms with Gasteiger partial charge in [0.25, 0.3) is 10.0 Å². The molecule has 0 aromatic heterocycles. The molecule has 0 N–H and O–H groups in total. The van der Waals surface area contributed by atoms with Crippen molar-refractivity contribution in [1.82, 2.24) is 4.47 Å². The number of fused-ring (bicyclic) bond motifs is 1. The van der Waals surface area contributed by atoms with Crippen molar-refractivity contribution in [3.63, 3.8) is 0 Å². The lowest BCUT2D eigenvalue weighted by atomic mass is 10.1. The second kappa shape index (κ2) is 4.44. The molecule has 0 saturated carbocycles. The Hall–Kier alpha value is -1.43. The van der Waals surface area contributed by atoms with Crippen molar-refractivity contribution < 1.29 is 13.3 Å². The minimum atomic E-state index is -3.60. The number of hydrogen-bond donors (Lipinski definition) is 0. The topological polar surface area (TPSA) is 46.6 Å². The van der Waals surface area contributed by atoms with Gasteiger partial charge in [0.1, 0.15) is 0 Å². The van der Waals surface area contributed by atoms with E-state index in [4.69, 9.17) is 4.84 Å². The quantitative estimate of drug-likeness (QED) is 0.784. The van der Waals surface area contributed by atoms with E-state index in [1.54, 1.807) is 18.2 Å². The van der Waals surface area contributed by atoms with Crippen molar-refractivity contribution in [3.05, 3.63) is 42.5 Å². The first-order valence-electron chi connectivity index (χ1n) is 5.08. The Bertz CT molecular complexity index is 632. The maximum atomic E-state index is 12.2. The van der Waals surface area contributed by atoms with Crippen LogP contribution >= 0.6 is 0 Å². The molecule has 0 saturated heterocycles. The maximum Gasteiger partial charge on any atom is 0.265 e. The molecule has 0 unspecified atom stereocenters. The number of hydrogen-bond acceptors (Lipinski definition) is 3. The van der Waals surface area contributed by atoms with Crippen LogP contribution in [-0.4, -0.2) is 27.0 Å². The Morgan fingerprint density at radius 2 is 1.71 bits per heavy atom. The lowest BCUT2D eigenvalue weighted by Gasteiger charge is -2.15. The van der Waals surface area contributed by atoms with E-state index >= 15 is 0 Å². The molecular weight excluding hydrogens is 238 g/mol. The van der Waals surface area contributed by atoms with Gasteiger partial charge in [-0.25, -0.2) is 8.42 Å². The van der Waals surface area contributed by atoms with Crippen LogP contribution in [0, 0.1) is 0 Å². The largest absolute Gasteiger partial charge is 0.288 e. The molecule has 0 spiro atoms. The van der Waals surface area contributed by atoms with Crippen LogP contribution in [0.4, 0.5) is 0 Å². The lowest BCUT2D eigenvalue weighted by Crippen LogP contribution is -2.25. The lowest BCUT2D eigenvalue weighted by molar-refractivity contribution is -0.0257. The van der Waals surface area contributed by atoms with Gasteiger partial charge >= 0.3 is 0 Å². The fourth-order valence-electron chi connectivity index (χ4n) is 1.66. The van der Waals surface area contributed by atoms with E-state index in [1.165, 1.54) is 14.2 Å². The standard InChI is InChI=1S/C12H13NO3S/c1-13(16-2)17(14,15)12-9-5-7-10-6-3-4-8-11(10)12/h3-9H,1-2H3. The molecule has 5 heteroatoms. The average Bonchev–Trinajstić information content (AvgIpc) is 2.37. The summed E-state index contributed by atoms with van der Waals surface area (Å²) in [5.74, 6) is 0. The molecule has 0 aliphatic rings. The molecule has 0 bridgehead atoms. The van der Waals surface area contributed by atoms with Crippen molar-refractivity contribution >= 4 is 20.8 Å². The van der Waals surface area contributed by atoms with Gasteiger partial charge in [0, 0.05) is 12.4 Å². The van der Waals surface area contributed by atoms with E-state index in [0.717, 1.165) is 9.85 Å². The average molecular weight is 251 g/mol. The van der Waals surface area contributed by atoms with Crippen molar-refractivity contribution in [2.24, 2.45) is 0 Å². The zero-order valence-electron chi connectivity index (χ0n) is 9.62. The van der Waals surface area contributed by atoms with Gasteiger partial charge in [0.05, 0.1) is 12.0 Å². The second-order valence-electron chi connectivity index (χ2n) is 3.57. The molecule has 4 nitrogen and oxygen atoms in total. The van der Waals surface area contributed by atoms with Crippen molar-refractivity contribution in [2.75, 3.05) is 14.2 Å². The molecule has 0 radical (unpaired) electrons. The molecule has 90 valence electrons. The predicted molar refractivity (Wildman–Crippen MR) is 65.9 cm³/mol. The summed E-state index contributed by atoms with van der Waals surface area (Å²) in [6, 6.07) is 12.5. The van der Waals surface area contributed by atoms with Crippen LogP contribution in [0.3, 0.4) is 0 Å². The summed E-state index contributed by atoms with van der Waals surface area (Å²) in [7, 11) is -0.910. The van der Waals surface area contributed by atoms with Crippen LogP contribution in [0.15, 0.2) is 47.4 Å². The molecule has 0 heterocycles. The summed E-state index contributed by atoms with van der Waals surface area (Å²) in [5.41, 5.74) is 0. The van der Waals surface area contributed by atoms with Gasteiger partial charge in [-0.15, -0.1) is 0 Å². The predicted octanol–water partition coefficient (Wildman–Crippen LogP) is 2.02. The second-order valence-corrected chi connectivity index (χ2v) is 5.48. The maximum absolute atomic E-state index is 12.2. The monoisotopic (exact) mass is 251 g/mol. The Kier molecular flexibility index (Phi) is 3.15. The Balaban J connectivity index is 2.72. The zero-order chi connectivity index (χ0) is 12.5. The Morgan fingerprint density at radius 1 is 1.06 bits per heavy atom. The van der Waals surface area contributed by atoms with Gasteiger partial charge in [-0.05, 0) is 11.5 Å². The third-order valence-electron chi connectivity index (χ3n) is 2.62. The molecule has 2 aromatic rings. The first-order valence-corrected chi connectivity index (χ1v) is 6.52. The smallest absolute Gasteiger partial charge is 0.265 e. The van der Waals surface area contributed by atoms with E-state index in [9.17, 15) is 8.42 Å². The van der Waals surface area contributed by atoms with Crippen LogP contribution in [0.1, 0.15) is 0 Å². The summed E-state index contributed by atoms with van der Waals surface area (Å²) < 4.78 is 25.2.